The number of ketones is 1. The van der Waals surface area contributed by atoms with Crippen LogP contribution >= 0.6 is 15.9 Å². The minimum Gasteiger partial charge on any atom is -0.293 e. The molecule has 1 rings (SSSR count). The number of alkyl halides is 1. The number of carbonyl (C=O) groups is 1. The molecule has 0 bridgehead atoms. The van der Waals surface area contributed by atoms with E-state index in [1.165, 1.54) is 12.1 Å². The number of aryl methyl sites for hydroxylation is 1. The Hall–Kier alpha value is -1.23. The van der Waals surface area contributed by atoms with E-state index in [2.05, 4.69) is 15.9 Å². The van der Waals surface area contributed by atoms with E-state index in [1.54, 1.807) is 13.0 Å². The second-order valence-corrected chi connectivity index (χ2v) is 4.82. The Morgan fingerprint density at radius 1 is 1.56 bits per heavy atom. The van der Waals surface area contributed by atoms with Gasteiger partial charge in [-0.3, -0.25) is 14.9 Å². The lowest BCUT2D eigenvalue weighted by atomic mass is 10.0. The summed E-state index contributed by atoms with van der Waals surface area (Å²) in [6, 6.07) is 4.73. The standard InChI is InChI=1S/C11H12BrNO3/c1-3-8-4-5-9(11(14)7(2)12)10(6-8)13(15)16/h4-7H,3H2,1-2H3. The van der Waals surface area contributed by atoms with Gasteiger partial charge in [0.05, 0.1) is 15.3 Å². The Balaban J connectivity index is 3.28. The Morgan fingerprint density at radius 3 is 2.62 bits per heavy atom. The third kappa shape index (κ3) is 2.66. The molecule has 1 aromatic carbocycles. The zero-order valence-electron chi connectivity index (χ0n) is 9.07. The van der Waals surface area contributed by atoms with Gasteiger partial charge in [0.1, 0.15) is 0 Å². The van der Waals surface area contributed by atoms with E-state index in [0.29, 0.717) is 6.42 Å². The van der Waals surface area contributed by atoms with Crippen LogP contribution in [-0.2, 0) is 6.42 Å². The first-order valence-corrected chi connectivity index (χ1v) is 5.84. The third-order valence-corrected chi connectivity index (χ3v) is 2.71. The van der Waals surface area contributed by atoms with Crippen LogP contribution in [0.5, 0.6) is 0 Å². The average Bonchev–Trinajstić information content (AvgIpc) is 2.26. The summed E-state index contributed by atoms with van der Waals surface area (Å²) < 4.78 is 0. The van der Waals surface area contributed by atoms with Crippen molar-refractivity contribution >= 4 is 27.4 Å². The van der Waals surface area contributed by atoms with Gasteiger partial charge in [-0.1, -0.05) is 28.9 Å². The first-order valence-electron chi connectivity index (χ1n) is 4.93. The molecule has 4 nitrogen and oxygen atoms in total. The van der Waals surface area contributed by atoms with Crippen molar-refractivity contribution in [3.05, 3.63) is 39.4 Å². The van der Waals surface area contributed by atoms with Gasteiger partial charge in [0, 0.05) is 6.07 Å². The number of nitro benzene ring substituents is 1. The second-order valence-electron chi connectivity index (χ2n) is 3.44. The van der Waals surface area contributed by atoms with Crippen LogP contribution in [0.1, 0.15) is 29.8 Å². The van der Waals surface area contributed by atoms with E-state index in [9.17, 15) is 14.9 Å². The van der Waals surface area contributed by atoms with Crippen LogP contribution in [0, 0.1) is 10.1 Å². The molecule has 1 aromatic rings. The van der Waals surface area contributed by atoms with Gasteiger partial charge in [-0.2, -0.15) is 0 Å². The van der Waals surface area contributed by atoms with E-state index < -0.39 is 9.75 Å². The molecule has 86 valence electrons. The van der Waals surface area contributed by atoms with E-state index in [-0.39, 0.29) is 17.0 Å². The molecule has 0 aliphatic heterocycles. The fourth-order valence-corrected chi connectivity index (χ4v) is 1.62. The van der Waals surface area contributed by atoms with Crippen LogP contribution in [-0.4, -0.2) is 15.5 Å². The molecule has 0 aromatic heterocycles. The molecule has 0 saturated heterocycles. The smallest absolute Gasteiger partial charge is 0.280 e. The number of nitrogens with zero attached hydrogens (tertiary/aromatic N) is 1. The first kappa shape index (κ1) is 12.8. The summed E-state index contributed by atoms with van der Waals surface area (Å²) in [6.45, 7) is 3.56. The van der Waals surface area contributed by atoms with Crippen molar-refractivity contribution < 1.29 is 9.72 Å². The minimum atomic E-state index is -0.512. The number of rotatable bonds is 4. The van der Waals surface area contributed by atoms with Crippen molar-refractivity contribution in [1.29, 1.82) is 0 Å². The third-order valence-electron chi connectivity index (χ3n) is 2.29. The highest BCUT2D eigenvalue weighted by atomic mass is 79.9. The quantitative estimate of drug-likeness (QED) is 0.370. The molecular weight excluding hydrogens is 274 g/mol. The molecular formula is C11H12BrNO3. The van der Waals surface area contributed by atoms with Crippen LogP contribution < -0.4 is 0 Å². The maximum atomic E-state index is 11.7. The molecule has 1 atom stereocenters. The molecule has 0 N–H and O–H groups in total. The average molecular weight is 286 g/mol. The van der Waals surface area contributed by atoms with Gasteiger partial charge >= 0.3 is 0 Å². The second kappa shape index (κ2) is 5.21. The fourth-order valence-electron chi connectivity index (χ4n) is 1.37. The summed E-state index contributed by atoms with van der Waals surface area (Å²) in [6.07, 6.45) is 0.708. The highest BCUT2D eigenvalue weighted by molar-refractivity contribution is 9.10. The normalized spacial score (nSPS) is 12.2. The predicted molar refractivity (Wildman–Crippen MR) is 65.2 cm³/mol. The van der Waals surface area contributed by atoms with Crippen molar-refractivity contribution in [2.45, 2.75) is 25.1 Å². The highest BCUT2D eigenvalue weighted by Crippen LogP contribution is 2.23. The predicted octanol–water partition coefficient (Wildman–Crippen LogP) is 3.12. The Bertz CT molecular complexity index is 429. The summed E-state index contributed by atoms with van der Waals surface area (Å²) in [4.78, 5) is 21.6. The van der Waals surface area contributed by atoms with E-state index in [4.69, 9.17) is 0 Å². The van der Waals surface area contributed by atoms with Crippen molar-refractivity contribution in [2.75, 3.05) is 0 Å². The van der Waals surface area contributed by atoms with Gasteiger partial charge in [-0.05, 0) is 25.0 Å². The van der Waals surface area contributed by atoms with Gasteiger partial charge < -0.3 is 0 Å². The van der Waals surface area contributed by atoms with Crippen molar-refractivity contribution in [2.24, 2.45) is 0 Å². The van der Waals surface area contributed by atoms with Gasteiger partial charge in [0.2, 0.25) is 0 Å². The lowest BCUT2D eigenvalue weighted by Gasteiger charge is -2.05. The Labute approximate surface area is 102 Å². The van der Waals surface area contributed by atoms with Crippen molar-refractivity contribution in [3.63, 3.8) is 0 Å². The molecule has 0 aliphatic carbocycles. The van der Waals surface area contributed by atoms with Crippen molar-refractivity contribution in [3.8, 4) is 0 Å². The van der Waals surface area contributed by atoms with Crippen LogP contribution in [0.15, 0.2) is 18.2 Å². The minimum absolute atomic E-state index is 0.115. The Morgan fingerprint density at radius 2 is 2.19 bits per heavy atom. The molecule has 0 radical (unpaired) electrons. The highest BCUT2D eigenvalue weighted by Gasteiger charge is 2.22. The first-order chi connectivity index (χ1) is 7.47. The van der Waals surface area contributed by atoms with Gasteiger partial charge in [0.15, 0.2) is 5.78 Å². The molecule has 0 heterocycles. The summed E-state index contributed by atoms with van der Waals surface area (Å²) in [5, 5.41) is 10.9. The lowest BCUT2D eigenvalue weighted by molar-refractivity contribution is -0.385. The van der Waals surface area contributed by atoms with Crippen LogP contribution in [0.25, 0.3) is 0 Å². The summed E-state index contributed by atoms with van der Waals surface area (Å²) >= 11 is 3.12. The monoisotopic (exact) mass is 285 g/mol. The summed E-state index contributed by atoms with van der Waals surface area (Å²) in [7, 11) is 0. The number of Topliss-reactive ketones (excluding diaryl/α,β-unsaturated/α-hetero) is 1. The number of benzene rings is 1. The van der Waals surface area contributed by atoms with Gasteiger partial charge in [0.25, 0.3) is 5.69 Å². The number of hydrogen-bond acceptors (Lipinski definition) is 3. The van der Waals surface area contributed by atoms with Crippen LogP contribution in [0.4, 0.5) is 5.69 Å². The van der Waals surface area contributed by atoms with Gasteiger partial charge in [-0.15, -0.1) is 0 Å². The molecule has 16 heavy (non-hydrogen) atoms. The molecule has 0 fully saturated rings. The number of nitro groups is 1. The van der Waals surface area contributed by atoms with E-state index in [1.807, 2.05) is 6.92 Å². The van der Waals surface area contributed by atoms with E-state index >= 15 is 0 Å². The fraction of sp³-hybridized carbons (Fsp3) is 0.364. The molecule has 0 amide bonds. The van der Waals surface area contributed by atoms with Crippen molar-refractivity contribution in [1.82, 2.24) is 0 Å². The van der Waals surface area contributed by atoms with E-state index in [0.717, 1.165) is 5.56 Å². The Kier molecular flexibility index (Phi) is 4.18. The van der Waals surface area contributed by atoms with Crippen LogP contribution in [0.3, 0.4) is 0 Å². The molecule has 0 spiro atoms. The topological polar surface area (TPSA) is 60.2 Å². The maximum Gasteiger partial charge on any atom is 0.280 e. The zero-order chi connectivity index (χ0) is 12.3. The lowest BCUT2D eigenvalue weighted by Crippen LogP contribution is -2.12. The maximum absolute atomic E-state index is 11.7. The largest absolute Gasteiger partial charge is 0.293 e. The summed E-state index contributed by atoms with van der Waals surface area (Å²) in [5.74, 6) is -0.269. The molecule has 1 unspecified atom stereocenters. The number of carbonyl (C=O) groups excluding carboxylic acids is 1. The SMILES string of the molecule is CCc1ccc(C(=O)C(C)Br)c([N+](=O)[O-])c1. The zero-order valence-corrected chi connectivity index (χ0v) is 10.7. The number of halogens is 1. The number of hydrogen-bond donors (Lipinski definition) is 0. The summed E-state index contributed by atoms with van der Waals surface area (Å²) in [5.41, 5.74) is 0.896. The van der Waals surface area contributed by atoms with Crippen LogP contribution in [0.2, 0.25) is 0 Å². The molecule has 0 aliphatic rings. The van der Waals surface area contributed by atoms with Gasteiger partial charge in [-0.25, -0.2) is 0 Å². The molecule has 5 heteroatoms. The molecule has 0 saturated carbocycles.